The molecular weight excluding hydrogens is 460 g/mol. The van der Waals surface area contributed by atoms with Gasteiger partial charge in [-0.2, -0.15) is 13.9 Å². The van der Waals surface area contributed by atoms with Crippen LogP contribution in [0.1, 0.15) is 11.1 Å². The van der Waals surface area contributed by atoms with Gasteiger partial charge < -0.3 is 14.8 Å². The lowest BCUT2D eigenvalue weighted by atomic mass is 10.2. The highest BCUT2D eigenvalue weighted by Gasteiger charge is 2.11. The van der Waals surface area contributed by atoms with Crippen molar-refractivity contribution in [1.29, 1.82) is 0 Å². The molecule has 0 saturated carbocycles. The number of nitrogens with one attached hydrogen (secondary N) is 1. The molecule has 0 radical (unpaired) electrons. The molecule has 0 spiro atoms. The van der Waals surface area contributed by atoms with E-state index in [0.717, 1.165) is 10.0 Å². The predicted molar refractivity (Wildman–Crippen MR) is 113 cm³/mol. The van der Waals surface area contributed by atoms with E-state index in [1.165, 1.54) is 25.3 Å². The molecule has 1 amide bonds. The minimum absolute atomic E-state index is 0.0778. The second-order valence-corrected chi connectivity index (χ2v) is 7.03. The number of anilines is 1. The van der Waals surface area contributed by atoms with E-state index in [4.69, 9.17) is 4.74 Å². The first kappa shape index (κ1) is 21.5. The number of benzene rings is 2. The Morgan fingerprint density at radius 2 is 1.97 bits per heavy atom. The van der Waals surface area contributed by atoms with Crippen LogP contribution in [0.4, 0.5) is 14.6 Å². The number of aromatic nitrogens is 2. The van der Waals surface area contributed by atoms with Gasteiger partial charge in [-0.05, 0) is 41.5 Å². The van der Waals surface area contributed by atoms with Crippen molar-refractivity contribution in [1.82, 2.24) is 9.78 Å². The summed E-state index contributed by atoms with van der Waals surface area (Å²) in [5.41, 5.74) is 1.62. The fourth-order valence-electron chi connectivity index (χ4n) is 2.65. The average molecular weight is 478 g/mol. The van der Waals surface area contributed by atoms with Crippen LogP contribution in [-0.4, -0.2) is 29.4 Å². The monoisotopic (exact) mass is 477 g/mol. The van der Waals surface area contributed by atoms with Gasteiger partial charge in [-0.3, -0.25) is 4.79 Å². The second kappa shape index (κ2) is 10.0. The van der Waals surface area contributed by atoms with Crippen LogP contribution in [0.2, 0.25) is 0 Å². The van der Waals surface area contributed by atoms with Gasteiger partial charge in [0, 0.05) is 16.6 Å². The number of hydrogen-bond donors (Lipinski definition) is 1. The Morgan fingerprint density at radius 1 is 1.20 bits per heavy atom. The van der Waals surface area contributed by atoms with Crippen LogP contribution in [0.5, 0.6) is 11.5 Å². The summed E-state index contributed by atoms with van der Waals surface area (Å²) in [7, 11) is 1.35. The number of nitrogens with zero attached hydrogens (tertiary/aromatic N) is 2. The number of methoxy groups -OCH3 is 1. The third kappa shape index (κ3) is 5.90. The quantitative estimate of drug-likeness (QED) is 0.465. The zero-order chi connectivity index (χ0) is 21.5. The number of hydrogen-bond acceptors (Lipinski definition) is 4. The maximum Gasteiger partial charge on any atom is 0.387 e. The third-order valence-corrected chi connectivity index (χ3v) is 4.57. The number of amides is 1. The Morgan fingerprint density at radius 3 is 2.67 bits per heavy atom. The van der Waals surface area contributed by atoms with Gasteiger partial charge in [0.15, 0.2) is 11.5 Å². The van der Waals surface area contributed by atoms with Crippen molar-refractivity contribution >= 4 is 33.7 Å². The largest absolute Gasteiger partial charge is 0.493 e. The Labute approximate surface area is 180 Å². The molecule has 0 bridgehead atoms. The molecular formula is C21H18BrF2N3O3. The van der Waals surface area contributed by atoms with Gasteiger partial charge >= 0.3 is 6.61 Å². The first-order valence-electron chi connectivity index (χ1n) is 8.83. The molecule has 6 nitrogen and oxygen atoms in total. The fraction of sp³-hybridized carbons (Fsp3) is 0.143. The minimum Gasteiger partial charge on any atom is -0.493 e. The standard InChI is InChI=1S/C21H18BrF2N3O3/c1-29-18-12-14(4-8-17(18)30-21(23)24)5-9-20(28)26-19-10-11-25-27(19)13-15-2-6-16(22)7-3-15/h2-12,21H,13H2,1H3,(H,26,28)/b9-5+. The lowest BCUT2D eigenvalue weighted by molar-refractivity contribution is -0.111. The summed E-state index contributed by atoms with van der Waals surface area (Å²) in [6, 6.07) is 13.9. The van der Waals surface area contributed by atoms with Crippen molar-refractivity contribution < 1.29 is 23.0 Å². The summed E-state index contributed by atoms with van der Waals surface area (Å²) in [6.45, 7) is -2.45. The summed E-state index contributed by atoms with van der Waals surface area (Å²) in [5, 5.41) is 7.00. The van der Waals surface area contributed by atoms with E-state index in [1.54, 1.807) is 29.1 Å². The van der Waals surface area contributed by atoms with Gasteiger partial charge in [-0.15, -0.1) is 0 Å². The van der Waals surface area contributed by atoms with Crippen molar-refractivity contribution in [3.63, 3.8) is 0 Å². The summed E-state index contributed by atoms with van der Waals surface area (Å²) < 4.78 is 36.9. The molecule has 1 N–H and O–H groups in total. The van der Waals surface area contributed by atoms with Crippen LogP contribution in [0, 0.1) is 0 Å². The van der Waals surface area contributed by atoms with E-state index in [1.807, 2.05) is 24.3 Å². The predicted octanol–water partition coefficient (Wildman–Crippen LogP) is 4.96. The fourth-order valence-corrected chi connectivity index (χ4v) is 2.91. The molecule has 0 aliphatic rings. The SMILES string of the molecule is COc1cc(/C=C/C(=O)Nc2ccnn2Cc2ccc(Br)cc2)ccc1OC(F)F. The van der Waals surface area contributed by atoms with E-state index in [2.05, 4.69) is 31.1 Å². The van der Waals surface area contributed by atoms with E-state index >= 15 is 0 Å². The van der Waals surface area contributed by atoms with E-state index in [-0.39, 0.29) is 17.4 Å². The highest BCUT2D eigenvalue weighted by molar-refractivity contribution is 9.10. The minimum atomic E-state index is -2.95. The molecule has 0 atom stereocenters. The van der Waals surface area contributed by atoms with Gasteiger partial charge in [-0.25, -0.2) is 4.68 Å². The molecule has 0 unspecified atom stereocenters. The van der Waals surface area contributed by atoms with Crippen molar-refractivity contribution in [2.45, 2.75) is 13.2 Å². The normalized spacial score (nSPS) is 11.1. The highest BCUT2D eigenvalue weighted by atomic mass is 79.9. The van der Waals surface area contributed by atoms with Gasteiger partial charge in [0.25, 0.3) is 0 Å². The van der Waals surface area contributed by atoms with Crippen molar-refractivity contribution in [2.24, 2.45) is 0 Å². The van der Waals surface area contributed by atoms with Gasteiger partial charge in [0.2, 0.25) is 5.91 Å². The number of carbonyl (C=O) groups is 1. The van der Waals surface area contributed by atoms with E-state index in [9.17, 15) is 13.6 Å². The van der Waals surface area contributed by atoms with Gasteiger partial charge in [-0.1, -0.05) is 34.1 Å². The number of alkyl halides is 2. The Bertz CT molecular complexity index is 1040. The smallest absolute Gasteiger partial charge is 0.387 e. The Balaban J connectivity index is 1.65. The Kier molecular flexibility index (Phi) is 7.18. The average Bonchev–Trinajstić information content (AvgIpc) is 3.15. The summed E-state index contributed by atoms with van der Waals surface area (Å²) in [5.74, 6) is 0.252. The van der Waals surface area contributed by atoms with Crippen LogP contribution >= 0.6 is 15.9 Å². The lowest BCUT2D eigenvalue weighted by Crippen LogP contribution is -2.13. The van der Waals surface area contributed by atoms with Crippen LogP contribution in [0.15, 0.2) is 65.3 Å². The second-order valence-electron chi connectivity index (χ2n) is 6.11. The molecule has 0 aliphatic carbocycles. The molecule has 156 valence electrons. The lowest BCUT2D eigenvalue weighted by Gasteiger charge is -2.10. The van der Waals surface area contributed by atoms with Crippen molar-refractivity contribution in [3.8, 4) is 11.5 Å². The summed E-state index contributed by atoms with van der Waals surface area (Å²) >= 11 is 3.40. The molecule has 1 heterocycles. The first-order chi connectivity index (χ1) is 14.4. The Hall–Kier alpha value is -3.20. The molecule has 3 rings (SSSR count). The summed E-state index contributed by atoms with van der Waals surface area (Å²) in [4.78, 5) is 12.3. The molecule has 0 aliphatic heterocycles. The summed E-state index contributed by atoms with van der Waals surface area (Å²) in [6.07, 6.45) is 4.48. The number of halogens is 3. The molecule has 0 fully saturated rings. The van der Waals surface area contributed by atoms with E-state index < -0.39 is 6.61 Å². The first-order valence-corrected chi connectivity index (χ1v) is 9.62. The number of ether oxygens (including phenoxy) is 2. The number of rotatable bonds is 8. The zero-order valence-electron chi connectivity index (χ0n) is 15.9. The number of carbonyl (C=O) groups excluding carboxylic acids is 1. The molecule has 2 aromatic carbocycles. The van der Waals surface area contributed by atoms with Crippen LogP contribution in [-0.2, 0) is 11.3 Å². The highest BCUT2D eigenvalue weighted by Crippen LogP contribution is 2.29. The third-order valence-electron chi connectivity index (χ3n) is 4.04. The zero-order valence-corrected chi connectivity index (χ0v) is 17.5. The van der Waals surface area contributed by atoms with Crippen LogP contribution in [0.3, 0.4) is 0 Å². The van der Waals surface area contributed by atoms with Gasteiger partial charge in [0.05, 0.1) is 19.9 Å². The van der Waals surface area contributed by atoms with Crippen LogP contribution < -0.4 is 14.8 Å². The maximum absolute atomic E-state index is 12.4. The van der Waals surface area contributed by atoms with E-state index in [0.29, 0.717) is 17.9 Å². The van der Waals surface area contributed by atoms with Gasteiger partial charge in [0.1, 0.15) is 5.82 Å². The van der Waals surface area contributed by atoms with Crippen LogP contribution in [0.25, 0.3) is 6.08 Å². The molecule has 3 aromatic rings. The van der Waals surface area contributed by atoms with Crippen molar-refractivity contribution in [2.75, 3.05) is 12.4 Å². The molecule has 9 heteroatoms. The topological polar surface area (TPSA) is 65.4 Å². The molecule has 0 saturated heterocycles. The van der Waals surface area contributed by atoms with Crippen molar-refractivity contribution in [3.05, 3.63) is 76.4 Å². The molecule has 30 heavy (non-hydrogen) atoms. The maximum atomic E-state index is 12.4. The molecule has 1 aromatic heterocycles.